The highest BCUT2D eigenvalue weighted by molar-refractivity contribution is 5.92. The third-order valence-electron chi connectivity index (χ3n) is 2.10. The maximum atomic E-state index is 12.6. The molecule has 0 fully saturated rings. The number of amidine groups is 1. The third kappa shape index (κ3) is 5.40. The van der Waals surface area contributed by atoms with Crippen molar-refractivity contribution in [2.45, 2.75) is 6.42 Å². The second kappa shape index (κ2) is 8.19. The molecule has 1 rings (SSSR count). The van der Waals surface area contributed by atoms with Gasteiger partial charge in [-0.25, -0.2) is 9.37 Å². The molecule has 1 heterocycles. The Hall–Kier alpha value is -1.95. The molecule has 0 bridgehead atoms. The number of nitrogens with two attached hydrogens (primary N) is 1. The summed E-state index contributed by atoms with van der Waals surface area (Å²) in [6, 6.07) is 2.90. The van der Waals surface area contributed by atoms with Gasteiger partial charge in [-0.1, -0.05) is 0 Å². The first-order chi connectivity index (χ1) is 8.76. The average Bonchev–Trinajstić information content (AvgIpc) is 2.39. The second-order valence-electron chi connectivity index (χ2n) is 3.50. The number of nitrogens with one attached hydrogen (secondary N) is 2. The van der Waals surface area contributed by atoms with Crippen molar-refractivity contribution in [2.75, 3.05) is 25.5 Å². The second-order valence-corrected chi connectivity index (χ2v) is 3.50. The van der Waals surface area contributed by atoms with E-state index in [1.54, 1.807) is 25.4 Å². The Morgan fingerprint density at radius 1 is 1.56 bits per heavy atom. The summed E-state index contributed by atoms with van der Waals surface area (Å²) in [5, 5.41) is 5.88. The lowest BCUT2D eigenvalue weighted by Crippen LogP contribution is -2.17. The van der Waals surface area contributed by atoms with E-state index in [-0.39, 0.29) is 5.82 Å². The number of hydrogen-bond donors (Lipinski definition) is 3. The quantitative estimate of drug-likeness (QED) is 0.402. The molecule has 0 aliphatic heterocycles. The molecule has 18 heavy (non-hydrogen) atoms. The lowest BCUT2D eigenvalue weighted by atomic mass is 10.4. The number of pyridine rings is 1. The van der Waals surface area contributed by atoms with E-state index in [0.29, 0.717) is 18.9 Å². The Balaban J connectivity index is 2.46. The van der Waals surface area contributed by atoms with Gasteiger partial charge in [0, 0.05) is 19.8 Å². The lowest BCUT2D eigenvalue weighted by molar-refractivity contribution is 0.622. The summed E-state index contributed by atoms with van der Waals surface area (Å²) in [5.74, 6) is 0.965. The number of halogens is 1. The molecule has 6 heteroatoms. The largest absolute Gasteiger partial charge is 0.373 e. The molecular formula is C12H18FN5. The van der Waals surface area contributed by atoms with Crippen LogP contribution in [0, 0.1) is 5.82 Å². The van der Waals surface area contributed by atoms with Crippen molar-refractivity contribution in [2.24, 2.45) is 10.7 Å². The summed E-state index contributed by atoms with van der Waals surface area (Å²) in [5.41, 5.74) is 5.39. The SMILES string of the molecule is CNC(/C=C/Nc1ccc(F)cn1)=N\CCCN. The maximum absolute atomic E-state index is 12.6. The van der Waals surface area contributed by atoms with Gasteiger partial charge in [-0.2, -0.15) is 0 Å². The predicted molar refractivity (Wildman–Crippen MR) is 72.0 cm³/mol. The normalized spacial score (nSPS) is 11.8. The molecule has 0 aliphatic carbocycles. The van der Waals surface area contributed by atoms with E-state index in [9.17, 15) is 4.39 Å². The van der Waals surface area contributed by atoms with Gasteiger partial charge in [-0.05, 0) is 31.2 Å². The molecule has 98 valence electrons. The fraction of sp³-hybridized carbons (Fsp3) is 0.333. The first kappa shape index (κ1) is 14.1. The van der Waals surface area contributed by atoms with Crippen LogP contribution in [0.25, 0.3) is 0 Å². The number of likely N-dealkylation sites (N-methyl/N-ethyl adjacent to an activating group) is 1. The highest BCUT2D eigenvalue weighted by atomic mass is 19.1. The Morgan fingerprint density at radius 3 is 3.00 bits per heavy atom. The lowest BCUT2D eigenvalue weighted by Gasteiger charge is -2.01. The van der Waals surface area contributed by atoms with E-state index < -0.39 is 0 Å². The van der Waals surface area contributed by atoms with Crippen molar-refractivity contribution in [3.8, 4) is 0 Å². The van der Waals surface area contributed by atoms with E-state index in [1.165, 1.54) is 6.07 Å². The predicted octanol–water partition coefficient (Wildman–Crippen LogP) is 1.11. The summed E-state index contributed by atoms with van der Waals surface area (Å²) >= 11 is 0. The zero-order valence-electron chi connectivity index (χ0n) is 10.4. The van der Waals surface area contributed by atoms with Gasteiger partial charge in [-0.3, -0.25) is 4.99 Å². The monoisotopic (exact) mass is 251 g/mol. The van der Waals surface area contributed by atoms with Gasteiger partial charge >= 0.3 is 0 Å². The topological polar surface area (TPSA) is 75.3 Å². The van der Waals surface area contributed by atoms with Crippen LogP contribution in [0.3, 0.4) is 0 Å². The minimum atomic E-state index is -0.358. The number of hydrogen-bond acceptors (Lipinski definition) is 4. The van der Waals surface area contributed by atoms with Crippen LogP contribution in [0.1, 0.15) is 6.42 Å². The molecule has 0 saturated heterocycles. The Labute approximate surface area is 106 Å². The van der Waals surface area contributed by atoms with Gasteiger partial charge in [-0.15, -0.1) is 0 Å². The van der Waals surface area contributed by atoms with Crippen LogP contribution in [-0.2, 0) is 0 Å². The number of nitrogens with zero attached hydrogens (tertiary/aromatic N) is 2. The van der Waals surface area contributed by atoms with Crippen molar-refractivity contribution < 1.29 is 4.39 Å². The maximum Gasteiger partial charge on any atom is 0.141 e. The summed E-state index contributed by atoms with van der Waals surface area (Å²) in [6.45, 7) is 1.31. The molecule has 0 saturated carbocycles. The number of aromatic nitrogens is 1. The molecule has 1 aromatic heterocycles. The van der Waals surface area contributed by atoms with Crippen LogP contribution >= 0.6 is 0 Å². The molecule has 5 nitrogen and oxygen atoms in total. The van der Waals surface area contributed by atoms with E-state index in [0.717, 1.165) is 18.5 Å². The minimum absolute atomic E-state index is 0.358. The van der Waals surface area contributed by atoms with Crippen molar-refractivity contribution in [3.63, 3.8) is 0 Å². The van der Waals surface area contributed by atoms with Crippen LogP contribution < -0.4 is 16.4 Å². The van der Waals surface area contributed by atoms with Crippen molar-refractivity contribution in [1.29, 1.82) is 0 Å². The van der Waals surface area contributed by atoms with Crippen LogP contribution in [-0.4, -0.2) is 31.0 Å². The van der Waals surface area contributed by atoms with Gasteiger partial charge in [0.25, 0.3) is 0 Å². The standard InChI is InChI=1S/C12H18FN5/c1-15-11(16-7-2-6-14)5-8-17-12-4-3-10(13)9-18-12/h3-5,8-9H,2,6-7,14H2,1H3,(H,15,16)(H,17,18)/b8-5+. The number of rotatable bonds is 6. The molecular weight excluding hydrogens is 233 g/mol. The van der Waals surface area contributed by atoms with Crippen LogP contribution in [0.15, 0.2) is 35.6 Å². The van der Waals surface area contributed by atoms with Gasteiger partial charge in [0.05, 0.1) is 6.20 Å². The number of anilines is 1. The molecule has 0 aliphatic rings. The molecule has 4 N–H and O–H groups in total. The van der Waals surface area contributed by atoms with Gasteiger partial charge in [0.2, 0.25) is 0 Å². The molecule has 0 unspecified atom stereocenters. The van der Waals surface area contributed by atoms with E-state index in [4.69, 9.17) is 5.73 Å². The highest BCUT2D eigenvalue weighted by Crippen LogP contribution is 2.02. The number of aliphatic imine (C=N–C) groups is 1. The van der Waals surface area contributed by atoms with Crippen LogP contribution in [0.5, 0.6) is 0 Å². The zero-order chi connectivity index (χ0) is 13.2. The Morgan fingerprint density at radius 2 is 2.39 bits per heavy atom. The zero-order valence-corrected chi connectivity index (χ0v) is 10.4. The van der Waals surface area contributed by atoms with E-state index in [2.05, 4.69) is 20.6 Å². The fourth-order valence-corrected chi connectivity index (χ4v) is 1.17. The fourth-order valence-electron chi connectivity index (χ4n) is 1.17. The van der Waals surface area contributed by atoms with Crippen molar-refractivity contribution in [3.05, 3.63) is 36.4 Å². The molecule has 1 aromatic rings. The summed E-state index contributed by atoms with van der Waals surface area (Å²) in [4.78, 5) is 8.16. The highest BCUT2D eigenvalue weighted by Gasteiger charge is 1.92. The van der Waals surface area contributed by atoms with Crippen molar-refractivity contribution >= 4 is 11.7 Å². The first-order valence-corrected chi connectivity index (χ1v) is 5.73. The average molecular weight is 251 g/mol. The summed E-state index contributed by atoms with van der Waals surface area (Å²) < 4.78 is 12.6. The van der Waals surface area contributed by atoms with Gasteiger partial charge < -0.3 is 16.4 Å². The summed E-state index contributed by atoms with van der Waals surface area (Å²) in [6.07, 6.45) is 5.48. The van der Waals surface area contributed by atoms with Gasteiger partial charge in [0.15, 0.2) is 0 Å². The Bertz CT molecular complexity index is 399. The van der Waals surface area contributed by atoms with Crippen molar-refractivity contribution in [1.82, 2.24) is 10.3 Å². The molecule has 0 spiro atoms. The van der Waals surface area contributed by atoms with E-state index in [1.807, 2.05) is 0 Å². The molecule has 0 radical (unpaired) electrons. The smallest absolute Gasteiger partial charge is 0.141 e. The molecule has 0 aromatic carbocycles. The van der Waals surface area contributed by atoms with Crippen LogP contribution in [0.2, 0.25) is 0 Å². The summed E-state index contributed by atoms with van der Waals surface area (Å²) in [7, 11) is 1.79. The van der Waals surface area contributed by atoms with E-state index >= 15 is 0 Å². The Kier molecular flexibility index (Phi) is 6.42. The minimum Gasteiger partial charge on any atom is -0.373 e. The molecule has 0 atom stereocenters. The third-order valence-corrected chi connectivity index (χ3v) is 2.10. The van der Waals surface area contributed by atoms with Crippen LogP contribution in [0.4, 0.5) is 10.2 Å². The first-order valence-electron chi connectivity index (χ1n) is 5.73. The van der Waals surface area contributed by atoms with Gasteiger partial charge in [0.1, 0.15) is 17.5 Å². The molecule has 0 amide bonds.